The Morgan fingerprint density at radius 3 is 2.76 bits per heavy atom. The summed E-state index contributed by atoms with van der Waals surface area (Å²) in [7, 11) is -2.93. The summed E-state index contributed by atoms with van der Waals surface area (Å²) in [5.41, 5.74) is 1.68. The van der Waals surface area contributed by atoms with E-state index >= 15 is 0 Å². The van der Waals surface area contributed by atoms with Crippen molar-refractivity contribution in [3.05, 3.63) is 35.4 Å². The number of benzene rings is 1. The molecule has 0 unspecified atom stereocenters. The van der Waals surface area contributed by atoms with Crippen LogP contribution in [-0.4, -0.2) is 16.9 Å². The summed E-state index contributed by atoms with van der Waals surface area (Å²) in [5, 5.41) is 0. The maximum atomic E-state index is 10.8. The molecule has 0 aromatic heterocycles. The zero-order chi connectivity index (χ0) is 12.5. The van der Waals surface area contributed by atoms with Gasteiger partial charge in [0.05, 0.1) is 7.11 Å². The van der Waals surface area contributed by atoms with Gasteiger partial charge in [0.25, 0.3) is 0 Å². The van der Waals surface area contributed by atoms with E-state index in [9.17, 15) is 4.57 Å². The molecule has 92 valence electrons. The monoisotopic (exact) mass is 256 g/mol. The smallest absolute Gasteiger partial charge is 0.497 e. The van der Waals surface area contributed by atoms with E-state index in [-0.39, 0.29) is 5.76 Å². The second-order valence-corrected chi connectivity index (χ2v) is 4.88. The molecule has 0 radical (unpaired) electrons. The third-order valence-electron chi connectivity index (χ3n) is 2.54. The fourth-order valence-corrected chi connectivity index (χ4v) is 2.26. The Morgan fingerprint density at radius 2 is 2.12 bits per heavy atom. The highest BCUT2D eigenvalue weighted by molar-refractivity contribution is 7.46. The predicted molar refractivity (Wildman–Crippen MR) is 62.4 cm³/mol. The molecule has 6 heteroatoms. The van der Waals surface area contributed by atoms with E-state index < -0.39 is 7.82 Å². The van der Waals surface area contributed by atoms with Crippen LogP contribution in [0.3, 0.4) is 0 Å². The van der Waals surface area contributed by atoms with Gasteiger partial charge in [-0.25, -0.2) is 4.57 Å². The minimum absolute atomic E-state index is 0.238. The van der Waals surface area contributed by atoms with Crippen LogP contribution in [0.2, 0.25) is 0 Å². The number of hydrogen-bond donors (Lipinski definition) is 2. The Bertz CT molecular complexity index is 503. The molecule has 17 heavy (non-hydrogen) atoms. The van der Waals surface area contributed by atoms with E-state index in [1.807, 2.05) is 6.07 Å². The van der Waals surface area contributed by atoms with Crippen molar-refractivity contribution < 1.29 is 23.6 Å². The second kappa shape index (κ2) is 4.53. The van der Waals surface area contributed by atoms with E-state index in [0.29, 0.717) is 12.0 Å². The molecular formula is C11H13O5P. The lowest BCUT2D eigenvalue weighted by molar-refractivity contribution is 0.268. The van der Waals surface area contributed by atoms with Gasteiger partial charge in [-0.1, -0.05) is 0 Å². The van der Waals surface area contributed by atoms with Crippen LogP contribution in [0, 0.1) is 0 Å². The van der Waals surface area contributed by atoms with Gasteiger partial charge in [0.2, 0.25) is 0 Å². The average molecular weight is 256 g/mol. The van der Waals surface area contributed by atoms with Crippen LogP contribution in [0.4, 0.5) is 0 Å². The number of phosphoric acid groups is 1. The third kappa shape index (κ3) is 2.88. The quantitative estimate of drug-likeness (QED) is 0.810. The first-order valence-electron chi connectivity index (χ1n) is 5.12. The van der Waals surface area contributed by atoms with Crippen molar-refractivity contribution in [2.24, 2.45) is 0 Å². The Morgan fingerprint density at radius 1 is 1.35 bits per heavy atom. The molecule has 0 atom stereocenters. The highest BCUT2D eigenvalue weighted by Gasteiger charge is 2.22. The topological polar surface area (TPSA) is 76.0 Å². The molecule has 1 aliphatic rings. The highest BCUT2D eigenvalue weighted by Crippen LogP contribution is 2.44. The predicted octanol–water partition coefficient (Wildman–Crippen LogP) is 2.09. The van der Waals surface area contributed by atoms with E-state index in [1.54, 1.807) is 25.3 Å². The summed E-state index contributed by atoms with van der Waals surface area (Å²) in [6, 6.07) is 5.33. The number of fused-ring (bicyclic) bond motifs is 1. The van der Waals surface area contributed by atoms with E-state index in [1.165, 1.54) is 0 Å². The highest BCUT2D eigenvalue weighted by atomic mass is 31.2. The number of ether oxygens (including phenoxy) is 1. The molecule has 0 saturated heterocycles. The summed E-state index contributed by atoms with van der Waals surface area (Å²) in [5.74, 6) is 0.961. The van der Waals surface area contributed by atoms with E-state index in [0.717, 1.165) is 17.7 Å². The zero-order valence-corrected chi connectivity index (χ0v) is 10.2. The number of aryl methyl sites for hydroxylation is 1. The second-order valence-electron chi connectivity index (χ2n) is 3.71. The number of methoxy groups -OCH3 is 1. The van der Waals surface area contributed by atoms with Crippen molar-refractivity contribution in [2.75, 3.05) is 7.11 Å². The van der Waals surface area contributed by atoms with Gasteiger partial charge in [0.15, 0.2) is 0 Å². The summed E-state index contributed by atoms with van der Waals surface area (Å²) in [6.07, 6.45) is 3.18. The first kappa shape index (κ1) is 12.2. The Kier molecular flexibility index (Phi) is 3.24. The molecule has 0 spiro atoms. The average Bonchev–Trinajstić information content (AvgIpc) is 2.26. The van der Waals surface area contributed by atoms with Gasteiger partial charge in [-0.05, 0) is 42.7 Å². The van der Waals surface area contributed by atoms with Crippen LogP contribution in [0.1, 0.15) is 17.5 Å². The molecule has 2 rings (SSSR count). The van der Waals surface area contributed by atoms with Crippen LogP contribution in [-0.2, 0) is 15.5 Å². The Balaban J connectivity index is 2.35. The van der Waals surface area contributed by atoms with Crippen LogP contribution in [0.15, 0.2) is 24.3 Å². The van der Waals surface area contributed by atoms with Crippen molar-refractivity contribution in [2.45, 2.75) is 12.8 Å². The maximum Gasteiger partial charge on any atom is 0.524 e. The van der Waals surface area contributed by atoms with Gasteiger partial charge in [0, 0.05) is 5.56 Å². The largest absolute Gasteiger partial charge is 0.524 e. The van der Waals surface area contributed by atoms with Gasteiger partial charge in [0.1, 0.15) is 11.5 Å². The van der Waals surface area contributed by atoms with Gasteiger partial charge >= 0.3 is 7.82 Å². The Hall–Kier alpha value is -1.29. The van der Waals surface area contributed by atoms with Crippen LogP contribution in [0.5, 0.6) is 5.75 Å². The molecule has 0 amide bonds. The molecule has 1 aromatic rings. The molecule has 0 aliphatic heterocycles. The van der Waals surface area contributed by atoms with Gasteiger partial charge in [-0.3, -0.25) is 9.79 Å². The lowest BCUT2D eigenvalue weighted by Crippen LogP contribution is -2.02. The van der Waals surface area contributed by atoms with Gasteiger partial charge in [-0.15, -0.1) is 0 Å². The van der Waals surface area contributed by atoms with Crippen molar-refractivity contribution >= 4 is 13.6 Å². The van der Waals surface area contributed by atoms with Crippen molar-refractivity contribution in [3.63, 3.8) is 0 Å². The van der Waals surface area contributed by atoms with Crippen molar-refractivity contribution in [3.8, 4) is 5.75 Å². The van der Waals surface area contributed by atoms with Gasteiger partial charge < -0.3 is 9.26 Å². The summed E-state index contributed by atoms with van der Waals surface area (Å²) >= 11 is 0. The molecule has 0 fully saturated rings. The zero-order valence-electron chi connectivity index (χ0n) is 9.29. The maximum absolute atomic E-state index is 10.8. The van der Waals surface area contributed by atoms with Crippen molar-refractivity contribution in [1.82, 2.24) is 0 Å². The molecule has 0 bridgehead atoms. The molecule has 0 heterocycles. The lowest BCUT2D eigenvalue weighted by Gasteiger charge is -2.19. The van der Waals surface area contributed by atoms with Crippen molar-refractivity contribution in [1.29, 1.82) is 0 Å². The summed E-state index contributed by atoms with van der Waals surface area (Å²) < 4.78 is 20.6. The molecule has 1 aliphatic carbocycles. The molecular weight excluding hydrogens is 243 g/mol. The SMILES string of the molecule is COc1ccc2c(c1)CCC=C2OP(=O)(O)O. The van der Waals surface area contributed by atoms with Crippen LogP contribution >= 0.6 is 7.82 Å². The normalized spacial score (nSPS) is 14.9. The number of phosphoric ester groups is 1. The van der Waals surface area contributed by atoms with Crippen LogP contribution in [0.25, 0.3) is 5.76 Å². The molecule has 1 aromatic carbocycles. The lowest BCUT2D eigenvalue weighted by atomic mass is 9.96. The first-order valence-corrected chi connectivity index (χ1v) is 6.65. The summed E-state index contributed by atoms with van der Waals surface area (Å²) in [6.45, 7) is 0. The first-order chi connectivity index (χ1) is 7.99. The van der Waals surface area contributed by atoms with E-state index in [2.05, 4.69) is 4.52 Å². The number of hydrogen-bond acceptors (Lipinski definition) is 3. The minimum Gasteiger partial charge on any atom is -0.497 e. The fraction of sp³-hybridized carbons (Fsp3) is 0.273. The van der Waals surface area contributed by atoms with Crippen LogP contribution < -0.4 is 4.74 Å². The Labute approximate surface area is 98.9 Å². The standard InChI is InChI=1S/C11H13O5P/c1-15-9-5-6-10-8(7-9)3-2-4-11(10)16-17(12,13)14/h4-7H,2-3H2,1H3,(H2,12,13,14). The molecule has 5 nitrogen and oxygen atoms in total. The van der Waals surface area contributed by atoms with E-state index in [4.69, 9.17) is 14.5 Å². The molecule has 0 saturated carbocycles. The third-order valence-corrected chi connectivity index (χ3v) is 2.97. The number of allylic oxidation sites excluding steroid dienone is 1. The molecule has 2 N–H and O–H groups in total. The summed E-state index contributed by atoms with van der Waals surface area (Å²) in [4.78, 5) is 17.6. The minimum atomic E-state index is -4.51. The van der Waals surface area contributed by atoms with Gasteiger partial charge in [-0.2, -0.15) is 0 Å². The number of rotatable bonds is 3. The fourth-order valence-electron chi connectivity index (χ4n) is 1.83.